The highest BCUT2D eigenvalue weighted by Gasteiger charge is 2.73. The molecule has 0 aliphatic carbocycles. The van der Waals surface area contributed by atoms with Gasteiger partial charge in [-0.3, -0.25) is 4.79 Å². The van der Waals surface area contributed by atoms with E-state index in [9.17, 15) is 19.8 Å². The predicted molar refractivity (Wildman–Crippen MR) is 152 cm³/mol. The van der Waals surface area contributed by atoms with Crippen molar-refractivity contribution in [2.75, 3.05) is 19.7 Å². The number of aliphatic hydroxyl groups is 2. The lowest BCUT2D eigenvalue weighted by Crippen LogP contribution is -2.78. The Morgan fingerprint density at radius 2 is 1.90 bits per heavy atom. The Bertz CT molecular complexity index is 1480. The molecule has 222 valence electrons. The van der Waals surface area contributed by atoms with E-state index in [0.717, 1.165) is 12.0 Å². The van der Waals surface area contributed by atoms with E-state index >= 15 is 0 Å². The number of amides is 2. The highest BCUT2D eigenvalue weighted by atomic mass is 16.6. The number of aliphatic imine (C=N–C) groups is 2. The standard InChI is InChI=1S/C28H34N8O6/c1-26(2)11-12-41-20-16(9-6-10-17(20)26)22(37)33-19-14-36-24(30)32-18(13-31-25(38)42-15-7-4-3-5-8-15)21-27(36,28(19,39)40)35-23(29)34-21/h3-10,18-19,21,39-40H,11-14H2,1-2H3,(H2,30,32)(H,31,38)(H,33,37)(H3,29,34,35)/t18-,19?,21-,27-/m0/s1. The third-order valence-corrected chi connectivity index (χ3v) is 8.48. The quantitative estimate of drug-likeness (QED) is 0.222. The molecular formula is C28H34N8O6. The molecule has 0 bridgehead atoms. The van der Waals surface area contributed by atoms with Crippen LogP contribution in [0.5, 0.6) is 11.5 Å². The minimum absolute atomic E-state index is 0.0433. The average molecular weight is 579 g/mol. The minimum atomic E-state index is -2.63. The van der Waals surface area contributed by atoms with Crippen molar-refractivity contribution < 1.29 is 29.3 Å². The number of benzene rings is 2. The molecule has 2 aromatic carbocycles. The monoisotopic (exact) mass is 578 g/mol. The zero-order valence-electron chi connectivity index (χ0n) is 23.2. The summed E-state index contributed by atoms with van der Waals surface area (Å²) in [6.45, 7) is 4.42. The van der Waals surface area contributed by atoms with E-state index in [2.05, 4.69) is 39.8 Å². The second kappa shape index (κ2) is 9.77. The van der Waals surface area contributed by atoms with Gasteiger partial charge in [0.25, 0.3) is 5.91 Å². The number of carbonyl (C=O) groups is 2. The van der Waals surface area contributed by atoms with Crippen molar-refractivity contribution in [1.82, 2.24) is 20.9 Å². The van der Waals surface area contributed by atoms with Gasteiger partial charge in [0.2, 0.25) is 5.79 Å². The average Bonchev–Trinajstić information content (AvgIpc) is 3.41. The fourth-order valence-electron chi connectivity index (χ4n) is 6.25. The van der Waals surface area contributed by atoms with Gasteiger partial charge in [-0.1, -0.05) is 44.2 Å². The molecule has 14 nitrogen and oxygen atoms in total. The summed E-state index contributed by atoms with van der Waals surface area (Å²) in [6, 6.07) is 10.8. The van der Waals surface area contributed by atoms with Gasteiger partial charge in [-0.15, -0.1) is 0 Å². The molecule has 0 aromatic heterocycles. The maximum Gasteiger partial charge on any atom is 0.412 e. The van der Waals surface area contributed by atoms with Crippen molar-refractivity contribution in [3.8, 4) is 11.5 Å². The van der Waals surface area contributed by atoms with Crippen molar-refractivity contribution in [2.45, 2.75) is 55.3 Å². The fourth-order valence-corrected chi connectivity index (χ4v) is 6.25. The van der Waals surface area contributed by atoms with Crippen LogP contribution < -0.4 is 36.9 Å². The van der Waals surface area contributed by atoms with Crippen LogP contribution in [0.1, 0.15) is 36.2 Å². The largest absolute Gasteiger partial charge is 0.492 e. The first-order valence-corrected chi connectivity index (χ1v) is 13.7. The lowest BCUT2D eigenvalue weighted by atomic mass is 9.79. The van der Waals surface area contributed by atoms with Crippen LogP contribution in [0.4, 0.5) is 4.79 Å². The van der Waals surface area contributed by atoms with Gasteiger partial charge in [-0.25, -0.2) is 14.8 Å². The number of carbonyl (C=O) groups excluding carboxylic acids is 2. The van der Waals surface area contributed by atoms with Crippen LogP contribution in [-0.2, 0) is 5.41 Å². The van der Waals surface area contributed by atoms with Crippen molar-refractivity contribution >= 4 is 23.9 Å². The van der Waals surface area contributed by atoms with E-state index in [1.54, 1.807) is 42.5 Å². The summed E-state index contributed by atoms with van der Waals surface area (Å²) in [5, 5.41) is 31.7. The molecule has 14 heteroatoms. The number of rotatable bonds is 5. The number of hydrogen-bond acceptors (Lipinski definition) is 12. The molecule has 1 saturated heterocycles. The van der Waals surface area contributed by atoms with Crippen LogP contribution in [0.3, 0.4) is 0 Å². The van der Waals surface area contributed by atoms with E-state index in [1.807, 2.05) is 6.07 Å². The lowest BCUT2D eigenvalue weighted by Gasteiger charge is -2.48. The van der Waals surface area contributed by atoms with Gasteiger partial charge < -0.3 is 52.0 Å². The van der Waals surface area contributed by atoms with Gasteiger partial charge >= 0.3 is 6.09 Å². The van der Waals surface area contributed by atoms with E-state index in [0.29, 0.717) is 18.1 Å². The summed E-state index contributed by atoms with van der Waals surface area (Å²) in [7, 11) is 0. The number of nitrogens with two attached hydrogens (primary N) is 2. The molecule has 2 amide bonds. The van der Waals surface area contributed by atoms with Crippen molar-refractivity contribution in [1.29, 1.82) is 0 Å². The van der Waals surface area contributed by atoms with Gasteiger partial charge in [0, 0.05) is 18.7 Å². The van der Waals surface area contributed by atoms with Crippen LogP contribution in [0, 0.1) is 0 Å². The molecule has 1 spiro atoms. The number of para-hydroxylation sites is 2. The second-order valence-corrected chi connectivity index (χ2v) is 11.5. The maximum absolute atomic E-state index is 13.6. The molecule has 0 saturated carbocycles. The lowest BCUT2D eigenvalue weighted by molar-refractivity contribution is -0.230. The number of hydrogen-bond donors (Lipinski definition) is 7. The minimum Gasteiger partial charge on any atom is -0.492 e. The third-order valence-electron chi connectivity index (χ3n) is 8.48. The molecule has 4 atom stereocenters. The first-order chi connectivity index (χ1) is 19.9. The molecule has 42 heavy (non-hydrogen) atoms. The normalized spacial score (nSPS) is 28.1. The molecule has 0 radical (unpaired) electrons. The molecular weight excluding hydrogens is 544 g/mol. The van der Waals surface area contributed by atoms with Crippen LogP contribution in [0.15, 0.2) is 58.5 Å². The molecule has 2 aromatic rings. The number of fused-ring (bicyclic) bond motifs is 1. The summed E-state index contributed by atoms with van der Waals surface area (Å²) in [6.07, 6.45) is 0.0658. The van der Waals surface area contributed by atoms with E-state index in [4.69, 9.17) is 20.9 Å². The van der Waals surface area contributed by atoms with Crippen molar-refractivity contribution in [3.63, 3.8) is 0 Å². The van der Waals surface area contributed by atoms with Crippen molar-refractivity contribution in [3.05, 3.63) is 59.7 Å². The Balaban J connectivity index is 1.24. The fraction of sp³-hybridized carbons (Fsp3) is 0.429. The summed E-state index contributed by atoms with van der Waals surface area (Å²) in [5.74, 6) is -2.46. The van der Waals surface area contributed by atoms with Gasteiger partial charge in [0.15, 0.2) is 17.6 Å². The number of ether oxygens (including phenoxy) is 2. The molecule has 1 unspecified atom stereocenters. The van der Waals surface area contributed by atoms with Crippen molar-refractivity contribution in [2.24, 2.45) is 21.5 Å². The molecule has 4 heterocycles. The SMILES string of the molecule is CC1(C)CCOc2c(C(=O)NC3CN4C(N)=N[C@@H](CNC(=O)Oc5ccccc5)[C@@H]5N=C(N)N[C@@]54C3(O)O)cccc21. The van der Waals surface area contributed by atoms with E-state index in [1.165, 1.54) is 4.90 Å². The molecule has 4 aliphatic rings. The van der Waals surface area contributed by atoms with Crippen LogP contribution in [0.25, 0.3) is 0 Å². The number of nitrogens with zero attached hydrogens (tertiary/aromatic N) is 3. The zero-order chi connectivity index (χ0) is 29.9. The zero-order valence-corrected chi connectivity index (χ0v) is 23.2. The number of nitrogens with one attached hydrogen (secondary N) is 3. The Hall–Kier alpha value is -4.56. The number of guanidine groups is 2. The highest BCUT2D eigenvalue weighted by molar-refractivity contribution is 5.98. The van der Waals surface area contributed by atoms with Gasteiger partial charge in [0.1, 0.15) is 23.6 Å². The van der Waals surface area contributed by atoms with Crippen LogP contribution in [0.2, 0.25) is 0 Å². The second-order valence-electron chi connectivity index (χ2n) is 11.5. The summed E-state index contributed by atoms with van der Waals surface area (Å²) in [5.41, 5.74) is 11.6. The summed E-state index contributed by atoms with van der Waals surface area (Å²) >= 11 is 0. The predicted octanol–water partition coefficient (Wildman–Crippen LogP) is -0.690. The Morgan fingerprint density at radius 1 is 1.14 bits per heavy atom. The first-order valence-electron chi connectivity index (χ1n) is 13.7. The topological polar surface area (TPSA) is 209 Å². The Labute approximate surface area is 241 Å². The summed E-state index contributed by atoms with van der Waals surface area (Å²) in [4.78, 5) is 36.3. The van der Waals surface area contributed by atoms with Gasteiger partial charge in [0.05, 0.1) is 18.2 Å². The maximum atomic E-state index is 13.6. The van der Waals surface area contributed by atoms with Gasteiger partial charge in [-0.2, -0.15) is 0 Å². The highest BCUT2D eigenvalue weighted by Crippen LogP contribution is 2.45. The first kappa shape index (κ1) is 27.6. The molecule has 9 N–H and O–H groups in total. The summed E-state index contributed by atoms with van der Waals surface area (Å²) < 4.78 is 11.2. The van der Waals surface area contributed by atoms with E-state index in [-0.39, 0.29) is 36.0 Å². The Morgan fingerprint density at radius 3 is 2.67 bits per heavy atom. The van der Waals surface area contributed by atoms with Crippen LogP contribution >= 0.6 is 0 Å². The third kappa shape index (κ3) is 4.25. The van der Waals surface area contributed by atoms with E-state index < -0.39 is 41.6 Å². The Kier molecular flexibility index (Phi) is 6.42. The molecule has 6 rings (SSSR count). The smallest absolute Gasteiger partial charge is 0.412 e. The molecule has 4 aliphatic heterocycles. The van der Waals surface area contributed by atoms with Gasteiger partial charge in [-0.05, 0) is 30.0 Å². The molecule has 1 fully saturated rings. The van der Waals surface area contributed by atoms with Crippen LogP contribution in [-0.4, -0.2) is 88.3 Å².